The van der Waals surface area contributed by atoms with Crippen LogP contribution in [0.2, 0.25) is 5.02 Å². The zero-order valence-corrected chi connectivity index (χ0v) is 12.4. The topological polar surface area (TPSA) is 37.3 Å². The molecule has 3 aliphatic rings. The predicted molar refractivity (Wildman–Crippen MR) is 82.1 cm³/mol. The lowest BCUT2D eigenvalue weighted by atomic mass is 9.81. The molecular weight excluding hydrogens is 286 g/mol. The maximum Gasteiger partial charge on any atom is 0.243 e. The molecule has 21 heavy (non-hydrogen) atoms. The van der Waals surface area contributed by atoms with Crippen LogP contribution in [0.4, 0.5) is 0 Å². The van der Waals surface area contributed by atoms with E-state index in [1.165, 1.54) is 16.6 Å². The van der Waals surface area contributed by atoms with Gasteiger partial charge in [-0.3, -0.25) is 19.8 Å². The van der Waals surface area contributed by atoms with Crippen LogP contribution in [-0.4, -0.2) is 28.6 Å². The first-order valence-corrected chi connectivity index (χ1v) is 7.99. The highest BCUT2D eigenvalue weighted by atomic mass is 35.5. The SMILES string of the molecule is O=C1Nn2c3c(c4cc(Cl)ccc42)CCN2CCC[C@H]1[C@H]32. The van der Waals surface area contributed by atoms with Gasteiger partial charge >= 0.3 is 0 Å². The van der Waals surface area contributed by atoms with Crippen molar-refractivity contribution in [3.63, 3.8) is 0 Å². The molecule has 1 amide bonds. The number of carbonyl (C=O) groups excluding carboxylic acids is 1. The van der Waals surface area contributed by atoms with Crippen LogP contribution in [0.3, 0.4) is 0 Å². The molecule has 5 rings (SSSR count). The Hall–Kier alpha value is -1.52. The van der Waals surface area contributed by atoms with Gasteiger partial charge in [0.15, 0.2) is 0 Å². The van der Waals surface area contributed by atoms with E-state index >= 15 is 0 Å². The number of nitrogens with zero attached hydrogens (tertiary/aromatic N) is 2. The van der Waals surface area contributed by atoms with E-state index in [-0.39, 0.29) is 17.9 Å². The maximum atomic E-state index is 12.5. The summed E-state index contributed by atoms with van der Waals surface area (Å²) in [5, 5.41) is 1.96. The summed E-state index contributed by atoms with van der Waals surface area (Å²) in [7, 11) is 0. The number of benzene rings is 1. The quantitative estimate of drug-likeness (QED) is 0.812. The Morgan fingerprint density at radius 2 is 2.19 bits per heavy atom. The van der Waals surface area contributed by atoms with Crippen molar-refractivity contribution < 1.29 is 4.79 Å². The summed E-state index contributed by atoms with van der Waals surface area (Å²) in [6, 6.07) is 6.21. The number of halogens is 1. The molecule has 1 N–H and O–H groups in total. The van der Waals surface area contributed by atoms with Gasteiger partial charge in [0.05, 0.1) is 23.2 Å². The summed E-state index contributed by atoms with van der Waals surface area (Å²) < 4.78 is 2.02. The highest BCUT2D eigenvalue weighted by Crippen LogP contribution is 2.46. The normalized spacial score (nSPS) is 27.6. The number of amides is 1. The van der Waals surface area contributed by atoms with Crippen molar-refractivity contribution in [1.82, 2.24) is 9.58 Å². The molecule has 1 aromatic carbocycles. The Morgan fingerprint density at radius 3 is 3.10 bits per heavy atom. The van der Waals surface area contributed by atoms with E-state index in [4.69, 9.17) is 11.6 Å². The van der Waals surface area contributed by atoms with Gasteiger partial charge < -0.3 is 0 Å². The van der Waals surface area contributed by atoms with Gasteiger partial charge in [0.25, 0.3) is 0 Å². The summed E-state index contributed by atoms with van der Waals surface area (Å²) >= 11 is 6.18. The minimum Gasteiger partial charge on any atom is -0.294 e. The number of hydrogen-bond acceptors (Lipinski definition) is 2. The highest BCUT2D eigenvalue weighted by molar-refractivity contribution is 6.31. The maximum absolute atomic E-state index is 12.5. The third kappa shape index (κ3) is 1.47. The van der Waals surface area contributed by atoms with Crippen LogP contribution >= 0.6 is 11.6 Å². The van der Waals surface area contributed by atoms with Crippen LogP contribution in [0.15, 0.2) is 18.2 Å². The molecule has 1 fully saturated rings. The molecule has 4 heterocycles. The lowest BCUT2D eigenvalue weighted by Gasteiger charge is -2.46. The van der Waals surface area contributed by atoms with Crippen LogP contribution in [-0.2, 0) is 11.2 Å². The number of aromatic nitrogens is 1. The molecule has 5 heteroatoms. The fraction of sp³-hybridized carbons (Fsp3) is 0.438. The van der Waals surface area contributed by atoms with Crippen molar-refractivity contribution in [2.45, 2.75) is 25.3 Å². The van der Waals surface area contributed by atoms with E-state index in [0.717, 1.165) is 42.9 Å². The first kappa shape index (κ1) is 12.1. The molecule has 0 radical (unpaired) electrons. The van der Waals surface area contributed by atoms with Crippen molar-refractivity contribution in [1.29, 1.82) is 0 Å². The average Bonchev–Trinajstić information content (AvgIpc) is 2.80. The zero-order chi connectivity index (χ0) is 14.1. The van der Waals surface area contributed by atoms with Crippen LogP contribution in [0.5, 0.6) is 0 Å². The molecule has 2 atom stereocenters. The molecule has 2 aromatic rings. The van der Waals surface area contributed by atoms with Crippen LogP contribution in [0.1, 0.15) is 30.1 Å². The molecule has 0 bridgehead atoms. The van der Waals surface area contributed by atoms with Gasteiger partial charge in [-0.15, -0.1) is 0 Å². The molecule has 0 saturated carbocycles. The monoisotopic (exact) mass is 301 g/mol. The molecule has 0 spiro atoms. The van der Waals surface area contributed by atoms with Gasteiger partial charge in [0.1, 0.15) is 0 Å². The molecule has 0 unspecified atom stereocenters. The number of rotatable bonds is 0. The van der Waals surface area contributed by atoms with Gasteiger partial charge in [0.2, 0.25) is 5.91 Å². The summed E-state index contributed by atoms with van der Waals surface area (Å²) in [6.45, 7) is 2.16. The molecule has 4 nitrogen and oxygen atoms in total. The fourth-order valence-electron chi connectivity index (χ4n) is 4.44. The fourth-order valence-corrected chi connectivity index (χ4v) is 4.62. The van der Waals surface area contributed by atoms with Crippen molar-refractivity contribution in [3.05, 3.63) is 34.5 Å². The second kappa shape index (κ2) is 4.02. The second-order valence-corrected chi connectivity index (χ2v) is 6.75. The smallest absolute Gasteiger partial charge is 0.243 e. The van der Waals surface area contributed by atoms with E-state index in [9.17, 15) is 4.79 Å². The second-order valence-electron chi connectivity index (χ2n) is 6.32. The minimum atomic E-state index is 0.102. The van der Waals surface area contributed by atoms with Crippen molar-refractivity contribution in [2.24, 2.45) is 5.92 Å². The molecule has 1 saturated heterocycles. The van der Waals surface area contributed by atoms with Crippen LogP contribution in [0.25, 0.3) is 10.9 Å². The first-order valence-electron chi connectivity index (χ1n) is 7.62. The Kier molecular flexibility index (Phi) is 2.31. The van der Waals surface area contributed by atoms with Gasteiger partial charge in [0, 0.05) is 17.0 Å². The highest BCUT2D eigenvalue weighted by Gasteiger charge is 2.46. The van der Waals surface area contributed by atoms with E-state index in [1.807, 2.05) is 22.9 Å². The third-order valence-electron chi connectivity index (χ3n) is 5.30. The summed E-state index contributed by atoms with van der Waals surface area (Å²) in [5.41, 5.74) is 6.85. The van der Waals surface area contributed by atoms with Crippen LogP contribution in [0, 0.1) is 5.92 Å². The van der Waals surface area contributed by atoms with E-state index in [2.05, 4.69) is 10.3 Å². The predicted octanol–water partition coefficient (Wildman–Crippen LogP) is 2.69. The minimum absolute atomic E-state index is 0.102. The van der Waals surface area contributed by atoms with Crippen molar-refractivity contribution in [2.75, 3.05) is 18.5 Å². The van der Waals surface area contributed by atoms with Crippen LogP contribution < -0.4 is 5.43 Å². The van der Waals surface area contributed by atoms with Crippen molar-refractivity contribution in [3.8, 4) is 0 Å². The number of carbonyl (C=O) groups is 1. The average molecular weight is 302 g/mol. The van der Waals surface area contributed by atoms with E-state index in [0.29, 0.717) is 0 Å². The van der Waals surface area contributed by atoms with E-state index in [1.54, 1.807) is 0 Å². The largest absolute Gasteiger partial charge is 0.294 e. The van der Waals surface area contributed by atoms with E-state index < -0.39 is 0 Å². The van der Waals surface area contributed by atoms with Gasteiger partial charge in [-0.2, -0.15) is 0 Å². The number of nitrogens with one attached hydrogen (secondary N) is 1. The zero-order valence-electron chi connectivity index (χ0n) is 11.6. The lowest BCUT2D eigenvalue weighted by Crippen LogP contribution is -2.52. The number of fused-ring (bicyclic) bond motifs is 3. The van der Waals surface area contributed by atoms with Gasteiger partial charge in [-0.25, -0.2) is 0 Å². The molecular formula is C16H16ClN3O. The standard InChI is InChI=1S/C16H16ClN3O/c17-9-3-4-13-12(8-9)10-5-7-19-6-1-2-11-14(19)15(10)20(13)18-16(11)21/h3-4,8,11,14H,1-2,5-7H2,(H,18,21)/t11-,14+/m0/s1. The Balaban J connectivity index is 1.85. The number of hydrogen-bond donors (Lipinski definition) is 1. The summed E-state index contributed by atoms with van der Waals surface area (Å²) in [4.78, 5) is 15.0. The van der Waals surface area contributed by atoms with Gasteiger partial charge in [-0.05, 0) is 49.6 Å². The summed E-state index contributed by atoms with van der Waals surface area (Å²) in [6.07, 6.45) is 3.16. The third-order valence-corrected chi connectivity index (χ3v) is 5.53. The summed E-state index contributed by atoms with van der Waals surface area (Å²) in [5.74, 6) is 0.266. The first-order chi connectivity index (χ1) is 10.2. The number of piperidine rings is 1. The Bertz CT molecular complexity index is 781. The molecule has 1 aromatic heterocycles. The Labute approximate surface area is 127 Å². The molecule has 108 valence electrons. The molecule has 3 aliphatic heterocycles. The Morgan fingerprint density at radius 1 is 1.29 bits per heavy atom. The molecule has 0 aliphatic carbocycles. The van der Waals surface area contributed by atoms with Gasteiger partial charge in [-0.1, -0.05) is 11.6 Å². The van der Waals surface area contributed by atoms with Crippen molar-refractivity contribution >= 4 is 28.4 Å². The lowest BCUT2D eigenvalue weighted by molar-refractivity contribution is -0.126.